The fraction of sp³-hybridized carbons (Fsp3) is 0.400. The summed E-state index contributed by atoms with van der Waals surface area (Å²) >= 11 is 25.2. The molecule has 0 unspecified atom stereocenters. The van der Waals surface area contributed by atoms with Crippen LogP contribution in [-0.4, -0.2) is 92.3 Å². The highest BCUT2D eigenvalue weighted by molar-refractivity contribution is 6.32. The lowest BCUT2D eigenvalue weighted by Crippen LogP contribution is -2.64. The van der Waals surface area contributed by atoms with E-state index >= 15 is 0 Å². The maximum absolute atomic E-state index is 14.2. The predicted molar refractivity (Wildman–Crippen MR) is 253 cm³/mol. The van der Waals surface area contributed by atoms with Gasteiger partial charge in [-0.3, -0.25) is 38.6 Å². The van der Waals surface area contributed by atoms with Gasteiger partial charge in [-0.15, -0.1) is 0 Å². The lowest BCUT2D eigenvalue weighted by Gasteiger charge is -2.51. The number of benzene rings is 4. The average molecular weight is 1010 g/mol. The number of hydrogen-bond donors (Lipinski definition) is 4. The highest BCUT2D eigenvalue weighted by Gasteiger charge is 2.66. The molecule has 356 valence electrons. The molecular formula is C50H48Cl4N4O10. The summed E-state index contributed by atoms with van der Waals surface area (Å²) in [7, 11) is 0. The van der Waals surface area contributed by atoms with Crippen LogP contribution in [0.4, 0.5) is 11.4 Å². The van der Waals surface area contributed by atoms with E-state index in [0.29, 0.717) is 55.7 Å². The van der Waals surface area contributed by atoms with E-state index in [0.717, 1.165) is 36.8 Å². The number of aliphatic carboxylic acids is 2. The van der Waals surface area contributed by atoms with E-state index in [4.69, 9.17) is 46.4 Å². The molecular weight excluding hydrogens is 958 g/mol. The first-order valence-corrected chi connectivity index (χ1v) is 24.1. The first kappa shape index (κ1) is 47.8. The molecule has 4 aromatic rings. The second kappa shape index (κ2) is 18.6. The van der Waals surface area contributed by atoms with Gasteiger partial charge in [0, 0.05) is 68.0 Å². The third-order valence-corrected chi connectivity index (χ3v) is 15.4. The molecule has 2 saturated heterocycles. The normalized spacial score (nSPS) is 26.3. The van der Waals surface area contributed by atoms with Gasteiger partial charge in [0.15, 0.2) is 11.1 Å². The molecule has 2 spiro atoms. The number of fused-ring (bicyclic) bond motifs is 4. The van der Waals surface area contributed by atoms with E-state index in [2.05, 4.69) is 0 Å². The third kappa shape index (κ3) is 8.20. The monoisotopic (exact) mass is 1000 g/mol. The van der Waals surface area contributed by atoms with Crippen LogP contribution in [0.5, 0.6) is 0 Å². The summed E-state index contributed by atoms with van der Waals surface area (Å²) in [6.07, 6.45) is 3.46. The van der Waals surface area contributed by atoms with Crippen LogP contribution in [0.2, 0.25) is 20.1 Å². The zero-order chi connectivity index (χ0) is 48.4. The number of hydrogen-bond acceptors (Lipinski definition) is 8. The van der Waals surface area contributed by atoms with Gasteiger partial charge in [-0.2, -0.15) is 0 Å². The number of carboxylic acid groups (broad SMARTS) is 2. The van der Waals surface area contributed by atoms with Crippen LogP contribution in [0.25, 0.3) is 0 Å². The minimum absolute atomic E-state index is 0.166. The fourth-order valence-electron chi connectivity index (χ4n) is 11.3. The van der Waals surface area contributed by atoms with E-state index in [1.165, 1.54) is 9.80 Å². The minimum atomic E-state index is -1.43. The fourth-order valence-corrected chi connectivity index (χ4v) is 12.0. The molecule has 14 nitrogen and oxygen atoms in total. The van der Waals surface area contributed by atoms with Gasteiger partial charge in [-0.25, -0.2) is 0 Å². The number of aliphatic hydroxyl groups excluding tert-OH is 2. The Morgan fingerprint density at radius 3 is 1.24 bits per heavy atom. The third-order valence-electron chi connectivity index (χ3n) is 14.5. The number of amides is 4. The molecule has 0 bridgehead atoms. The number of carbonyl (C=O) groups excluding carboxylic acids is 4. The molecule has 2 aliphatic carbocycles. The molecule has 68 heavy (non-hydrogen) atoms. The van der Waals surface area contributed by atoms with Crippen molar-refractivity contribution in [2.45, 2.75) is 74.3 Å². The van der Waals surface area contributed by atoms with Gasteiger partial charge in [-0.1, -0.05) is 82.8 Å². The van der Waals surface area contributed by atoms with Crippen LogP contribution in [0.3, 0.4) is 0 Å². The Labute approximate surface area is 411 Å². The molecule has 0 radical (unpaired) electrons. The van der Waals surface area contributed by atoms with E-state index in [9.17, 15) is 49.2 Å². The van der Waals surface area contributed by atoms with Gasteiger partial charge < -0.3 is 30.2 Å². The van der Waals surface area contributed by atoms with Gasteiger partial charge in [0.2, 0.25) is 11.8 Å². The number of piperidine rings is 2. The Balaban J connectivity index is 0.000000170. The van der Waals surface area contributed by atoms with Crippen molar-refractivity contribution < 1.29 is 49.2 Å². The average Bonchev–Trinajstić information content (AvgIpc) is 4.24. The number of nitrogens with zero attached hydrogens (tertiary/aromatic N) is 4. The summed E-state index contributed by atoms with van der Waals surface area (Å²) in [4.78, 5) is 85.1. The van der Waals surface area contributed by atoms with E-state index in [1.807, 2.05) is 12.1 Å². The topological polar surface area (TPSA) is 196 Å². The van der Waals surface area contributed by atoms with Crippen molar-refractivity contribution >= 4 is 93.3 Å². The van der Waals surface area contributed by atoms with Gasteiger partial charge >= 0.3 is 11.9 Å². The number of likely N-dealkylation sites (tertiary alicyclic amines) is 2. The zero-order valence-electron chi connectivity index (χ0n) is 36.6. The van der Waals surface area contributed by atoms with Crippen LogP contribution in [-0.2, 0) is 39.8 Å². The Kier molecular flexibility index (Phi) is 13.1. The van der Waals surface area contributed by atoms with Crippen molar-refractivity contribution in [1.29, 1.82) is 0 Å². The van der Waals surface area contributed by atoms with Crippen LogP contribution in [0.15, 0.2) is 84.9 Å². The van der Waals surface area contributed by atoms with Crippen LogP contribution in [0, 0.1) is 23.7 Å². The van der Waals surface area contributed by atoms with Crippen LogP contribution >= 0.6 is 46.4 Å². The van der Waals surface area contributed by atoms with Gasteiger partial charge in [-0.05, 0) is 110 Å². The van der Waals surface area contributed by atoms with Gasteiger partial charge in [0.25, 0.3) is 11.8 Å². The maximum Gasteiger partial charge on any atom is 0.304 e. The standard InChI is InChI=1S/2C25H24Cl2N2O5/c2*26-17-3-1-2-15(8-17)20-9-16(10-22(31)32)23(33)29(12-14-4-5-14)25(20)19-7-6-18(27)11-21(19)28(13-30)24(25)34/h2*1-3,6-8,11,14,16,20,30H,4-5,9-10,12-13H2,(H,31,32)/t2*16-,20-,25-/m10/s1. The van der Waals surface area contributed by atoms with Gasteiger partial charge in [0.1, 0.15) is 13.5 Å². The Morgan fingerprint density at radius 1 is 0.544 bits per heavy atom. The molecule has 4 amide bonds. The molecule has 10 rings (SSSR count). The van der Waals surface area contributed by atoms with E-state index < -0.39 is 72.0 Å². The van der Waals surface area contributed by atoms with Gasteiger partial charge in [0.05, 0.1) is 24.2 Å². The number of aliphatic hydroxyl groups is 2. The first-order valence-electron chi connectivity index (χ1n) is 22.6. The van der Waals surface area contributed by atoms with Crippen molar-refractivity contribution in [3.63, 3.8) is 0 Å². The molecule has 4 fully saturated rings. The summed E-state index contributed by atoms with van der Waals surface area (Å²) in [5, 5.41) is 41.2. The molecule has 4 aromatic carbocycles. The molecule has 18 heteroatoms. The second-order valence-corrected chi connectivity index (χ2v) is 20.4. The van der Waals surface area contributed by atoms with Crippen LogP contribution in [0.1, 0.15) is 85.5 Å². The lowest BCUT2D eigenvalue weighted by molar-refractivity contribution is -0.161. The number of carboxylic acids is 2. The predicted octanol–water partition coefficient (Wildman–Crippen LogP) is 8.00. The van der Waals surface area contributed by atoms with Crippen molar-refractivity contribution in [3.8, 4) is 0 Å². The Morgan fingerprint density at radius 2 is 0.912 bits per heavy atom. The number of rotatable bonds is 12. The molecule has 6 aliphatic rings. The molecule has 0 aromatic heterocycles. The van der Waals surface area contributed by atoms with Crippen molar-refractivity contribution in [1.82, 2.24) is 9.80 Å². The SMILES string of the molecule is O=C(O)C[C@@H]1C[C@@H](c2cccc(Cl)c2)[C@@]2(C(=O)N(CO)c3cc(Cl)ccc32)N(CC2CC2)C1=O.O=C(O)C[C@H]1C[C@H](c2cccc(Cl)c2)[C@]2(C(=O)N(CO)c3cc(Cl)ccc32)N(CC2CC2)C1=O. The number of halogens is 4. The largest absolute Gasteiger partial charge is 0.481 e. The lowest BCUT2D eigenvalue weighted by atomic mass is 9.66. The second-order valence-electron chi connectivity index (χ2n) is 18.7. The smallest absolute Gasteiger partial charge is 0.304 e. The van der Waals surface area contributed by atoms with E-state index in [1.54, 1.807) is 82.6 Å². The Hall–Kier alpha value is -5.22. The number of carbonyl (C=O) groups is 6. The summed E-state index contributed by atoms with van der Waals surface area (Å²) < 4.78 is 0. The van der Waals surface area contributed by atoms with Crippen molar-refractivity contribution in [2.24, 2.45) is 23.7 Å². The number of anilines is 2. The maximum atomic E-state index is 14.2. The van der Waals surface area contributed by atoms with Crippen molar-refractivity contribution in [3.05, 3.63) is 127 Å². The molecule has 4 N–H and O–H groups in total. The molecule has 4 aliphatic heterocycles. The summed E-state index contributed by atoms with van der Waals surface area (Å²) in [6.45, 7) is -0.446. The molecule has 4 heterocycles. The summed E-state index contributed by atoms with van der Waals surface area (Å²) in [5.74, 6) is -5.84. The molecule has 6 atom stereocenters. The van der Waals surface area contributed by atoms with Crippen LogP contribution < -0.4 is 9.80 Å². The Bertz CT molecular complexity index is 2550. The first-order chi connectivity index (χ1) is 32.5. The highest BCUT2D eigenvalue weighted by atomic mass is 35.5. The zero-order valence-corrected chi connectivity index (χ0v) is 39.6. The quantitative estimate of drug-likeness (QED) is 0.108. The molecule has 2 saturated carbocycles. The summed E-state index contributed by atoms with van der Waals surface area (Å²) in [6, 6.07) is 24.3. The van der Waals surface area contributed by atoms with Crippen molar-refractivity contribution in [2.75, 3.05) is 36.4 Å². The van der Waals surface area contributed by atoms with E-state index in [-0.39, 0.29) is 49.3 Å². The summed E-state index contributed by atoms with van der Waals surface area (Å²) in [5.41, 5.74) is 0.710. The highest BCUT2D eigenvalue weighted by Crippen LogP contribution is 2.60. The minimum Gasteiger partial charge on any atom is -0.481 e.